The smallest absolute Gasteiger partial charge is 0.344 e. The molecular formula is C20H14BrNO5. The highest BCUT2D eigenvalue weighted by atomic mass is 79.9. The maximum Gasteiger partial charge on any atom is 0.344 e. The lowest BCUT2D eigenvalue weighted by Crippen LogP contribution is -2.30. The fourth-order valence-electron chi connectivity index (χ4n) is 3.29. The van der Waals surface area contributed by atoms with Crippen LogP contribution in [0.25, 0.3) is 11.0 Å². The zero-order valence-corrected chi connectivity index (χ0v) is 15.8. The van der Waals surface area contributed by atoms with Gasteiger partial charge in [-0.15, -0.1) is 0 Å². The zero-order valence-electron chi connectivity index (χ0n) is 14.2. The highest BCUT2D eigenvalue weighted by Gasteiger charge is 2.39. The van der Waals surface area contributed by atoms with Crippen LogP contribution >= 0.6 is 15.9 Å². The topological polar surface area (TPSA) is 91.8 Å². The number of carbonyl (C=O) groups excluding carboxylic acids is 1. The van der Waals surface area contributed by atoms with Gasteiger partial charge in [0.25, 0.3) is 0 Å². The molecule has 1 aliphatic heterocycles. The van der Waals surface area contributed by atoms with Gasteiger partial charge >= 0.3 is 11.6 Å². The van der Waals surface area contributed by atoms with E-state index in [0.29, 0.717) is 16.5 Å². The molecule has 0 saturated carbocycles. The molecule has 27 heavy (non-hydrogen) atoms. The summed E-state index contributed by atoms with van der Waals surface area (Å²) in [4.78, 5) is 25.3. The van der Waals surface area contributed by atoms with Gasteiger partial charge in [-0.2, -0.15) is 0 Å². The van der Waals surface area contributed by atoms with E-state index < -0.39 is 17.5 Å². The fraction of sp³-hybridized carbons (Fsp3) is 0.100. The molecule has 0 bridgehead atoms. The normalized spacial score (nSPS) is 16.0. The van der Waals surface area contributed by atoms with Gasteiger partial charge in [-0.3, -0.25) is 0 Å². The first-order valence-corrected chi connectivity index (χ1v) is 8.87. The first kappa shape index (κ1) is 17.4. The van der Waals surface area contributed by atoms with Crippen LogP contribution in [0.2, 0.25) is 0 Å². The lowest BCUT2D eigenvalue weighted by atomic mass is 9.83. The Morgan fingerprint density at radius 2 is 1.96 bits per heavy atom. The molecule has 0 unspecified atom stereocenters. The van der Waals surface area contributed by atoms with E-state index in [0.717, 1.165) is 4.47 Å². The molecule has 2 N–H and O–H groups in total. The minimum atomic E-state index is -0.778. The quantitative estimate of drug-likeness (QED) is 0.497. The lowest BCUT2D eigenvalue weighted by Gasteiger charge is -2.27. The highest BCUT2D eigenvalue weighted by molar-refractivity contribution is 9.10. The molecule has 1 aromatic heterocycles. The summed E-state index contributed by atoms with van der Waals surface area (Å²) in [6.07, 6.45) is 0. The molecule has 7 heteroatoms. The predicted octanol–water partition coefficient (Wildman–Crippen LogP) is 3.42. The van der Waals surface area contributed by atoms with E-state index >= 15 is 0 Å². The molecule has 0 spiro atoms. The van der Waals surface area contributed by atoms with E-state index in [9.17, 15) is 9.59 Å². The lowest BCUT2D eigenvalue weighted by molar-refractivity contribution is -0.136. The molecule has 4 rings (SSSR count). The van der Waals surface area contributed by atoms with Crippen molar-refractivity contribution < 1.29 is 18.7 Å². The molecule has 1 atom stereocenters. The van der Waals surface area contributed by atoms with Crippen molar-refractivity contribution in [2.24, 2.45) is 5.73 Å². The maximum atomic E-state index is 12.8. The van der Waals surface area contributed by atoms with Gasteiger partial charge < -0.3 is 19.6 Å². The summed E-state index contributed by atoms with van der Waals surface area (Å²) in [5, 5.41) is 0.596. The van der Waals surface area contributed by atoms with E-state index in [4.69, 9.17) is 19.6 Å². The van der Waals surface area contributed by atoms with Crippen LogP contribution in [0.1, 0.15) is 17.0 Å². The number of esters is 1. The van der Waals surface area contributed by atoms with Crippen molar-refractivity contribution in [1.82, 2.24) is 0 Å². The van der Waals surface area contributed by atoms with Gasteiger partial charge in [0.15, 0.2) is 5.75 Å². The van der Waals surface area contributed by atoms with Crippen LogP contribution in [-0.2, 0) is 9.53 Å². The van der Waals surface area contributed by atoms with Gasteiger partial charge in [-0.1, -0.05) is 40.2 Å². The Hall–Kier alpha value is -3.06. The largest absolute Gasteiger partial charge is 0.465 e. The monoisotopic (exact) mass is 427 g/mol. The zero-order chi connectivity index (χ0) is 19.1. The summed E-state index contributed by atoms with van der Waals surface area (Å²) >= 11 is 3.42. The summed E-state index contributed by atoms with van der Waals surface area (Å²) in [7, 11) is 1.25. The summed E-state index contributed by atoms with van der Waals surface area (Å²) < 4.78 is 16.9. The van der Waals surface area contributed by atoms with E-state index in [1.807, 2.05) is 18.2 Å². The van der Waals surface area contributed by atoms with Crippen LogP contribution in [0.4, 0.5) is 0 Å². The summed E-state index contributed by atoms with van der Waals surface area (Å²) in [5.74, 6) is -1.26. The van der Waals surface area contributed by atoms with Gasteiger partial charge in [-0.25, -0.2) is 9.59 Å². The minimum absolute atomic E-state index is 0.0608. The average Bonchev–Trinajstić information content (AvgIpc) is 2.66. The van der Waals surface area contributed by atoms with Crippen LogP contribution in [0, 0.1) is 0 Å². The molecule has 0 aliphatic carbocycles. The number of halogens is 1. The molecule has 136 valence electrons. The Bertz CT molecular complexity index is 1160. The minimum Gasteiger partial charge on any atom is -0.465 e. The Morgan fingerprint density at radius 1 is 1.19 bits per heavy atom. The van der Waals surface area contributed by atoms with Gasteiger partial charge in [0, 0.05) is 4.47 Å². The van der Waals surface area contributed by atoms with E-state index in [2.05, 4.69) is 15.9 Å². The van der Waals surface area contributed by atoms with Crippen molar-refractivity contribution in [3.63, 3.8) is 0 Å². The summed E-state index contributed by atoms with van der Waals surface area (Å²) in [5.41, 5.74) is 6.82. The number of para-hydroxylation sites is 1. The molecule has 0 amide bonds. The second kappa shape index (κ2) is 6.59. The highest BCUT2D eigenvalue weighted by Crippen LogP contribution is 2.44. The van der Waals surface area contributed by atoms with Crippen molar-refractivity contribution in [2.75, 3.05) is 7.11 Å². The molecule has 3 aromatic rings. The first-order valence-electron chi connectivity index (χ1n) is 8.08. The second-order valence-corrected chi connectivity index (χ2v) is 6.90. The summed E-state index contributed by atoms with van der Waals surface area (Å²) in [6, 6.07) is 14.3. The van der Waals surface area contributed by atoms with Crippen molar-refractivity contribution in [3.05, 3.63) is 86.0 Å². The summed E-state index contributed by atoms with van der Waals surface area (Å²) in [6.45, 7) is 0. The van der Waals surface area contributed by atoms with E-state index in [1.54, 1.807) is 30.3 Å². The Balaban J connectivity index is 2.09. The molecule has 6 nitrogen and oxygen atoms in total. The molecule has 2 heterocycles. The standard InChI is InChI=1S/C20H14BrNO5/c1-25-19(23)16-14(10-5-4-6-11(21)9-10)15-17(27-18(16)22)12-7-2-3-8-13(12)26-20(15)24/h2-9,14H,22H2,1H3/t14-/m1/s1. The molecule has 0 fully saturated rings. The van der Waals surface area contributed by atoms with Gasteiger partial charge in [0.2, 0.25) is 5.88 Å². The Labute approximate surface area is 162 Å². The van der Waals surface area contributed by atoms with Crippen molar-refractivity contribution in [3.8, 4) is 5.75 Å². The van der Waals surface area contributed by atoms with Crippen molar-refractivity contribution >= 4 is 32.9 Å². The molecule has 0 saturated heterocycles. The second-order valence-electron chi connectivity index (χ2n) is 5.99. The third-order valence-corrected chi connectivity index (χ3v) is 4.93. The molecule has 1 aliphatic rings. The van der Waals surface area contributed by atoms with Crippen LogP contribution in [0.15, 0.2) is 73.7 Å². The number of carbonyl (C=O) groups is 1. The fourth-order valence-corrected chi connectivity index (χ4v) is 3.71. The number of benzene rings is 2. The molecular weight excluding hydrogens is 414 g/mol. The Morgan fingerprint density at radius 3 is 2.70 bits per heavy atom. The Kier molecular flexibility index (Phi) is 4.24. The average molecular weight is 428 g/mol. The van der Waals surface area contributed by atoms with Crippen LogP contribution in [0.5, 0.6) is 5.75 Å². The number of hydrogen-bond donors (Lipinski definition) is 1. The van der Waals surface area contributed by atoms with Gasteiger partial charge in [0.1, 0.15) is 11.2 Å². The number of nitrogens with two attached hydrogens (primary N) is 1. The number of hydrogen-bond acceptors (Lipinski definition) is 6. The first-order chi connectivity index (χ1) is 13.0. The SMILES string of the molecule is COC(=O)C1=C(N)Oc2c(c(=O)oc3ccccc23)[C@H]1c1cccc(Br)c1. The van der Waals surface area contributed by atoms with Gasteiger partial charge in [-0.05, 0) is 29.8 Å². The van der Waals surface area contributed by atoms with Crippen molar-refractivity contribution in [2.45, 2.75) is 5.92 Å². The van der Waals surface area contributed by atoms with Crippen LogP contribution in [0.3, 0.4) is 0 Å². The van der Waals surface area contributed by atoms with E-state index in [-0.39, 0.29) is 22.8 Å². The third-order valence-electron chi connectivity index (χ3n) is 4.44. The molecule has 0 radical (unpaired) electrons. The predicted molar refractivity (Wildman–Crippen MR) is 102 cm³/mol. The number of fused-ring (bicyclic) bond motifs is 3. The van der Waals surface area contributed by atoms with E-state index in [1.165, 1.54) is 7.11 Å². The van der Waals surface area contributed by atoms with Crippen LogP contribution < -0.4 is 16.1 Å². The third kappa shape index (κ3) is 2.80. The maximum absolute atomic E-state index is 12.8. The number of methoxy groups -OCH3 is 1. The van der Waals surface area contributed by atoms with Gasteiger partial charge in [0.05, 0.1) is 24.0 Å². The van der Waals surface area contributed by atoms with Crippen LogP contribution in [-0.4, -0.2) is 13.1 Å². The molecule has 2 aromatic carbocycles. The number of rotatable bonds is 2. The van der Waals surface area contributed by atoms with Crippen molar-refractivity contribution in [1.29, 1.82) is 0 Å². The number of ether oxygens (including phenoxy) is 2.